The van der Waals surface area contributed by atoms with Crippen molar-refractivity contribution in [3.8, 4) is 0 Å². The molecule has 0 bridgehead atoms. The summed E-state index contributed by atoms with van der Waals surface area (Å²) in [7, 11) is 0. The summed E-state index contributed by atoms with van der Waals surface area (Å²) in [5.74, 6) is 0.778. The molecule has 1 amide bonds. The van der Waals surface area contributed by atoms with Crippen molar-refractivity contribution < 1.29 is 9.53 Å². The van der Waals surface area contributed by atoms with Gasteiger partial charge in [0.05, 0.1) is 13.2 Å². The molecule has 18 heavy (non-hydrogen) atoms. The number of carbonyl (C=O) groups is 1. The molecule has 1 aliphatic heterocycles. The first kappa shape index (κ1) is 15.4. The first-order valence-electron chi connectivity index (χ1n) is 6.97. The Bertz CT molecular complexity index is 259. The van der Waals surface area contributed by atoms with E-state index in [1.165, 1.54) is 0 Å². The maximum Gasteiger partial charge on any atom is 0.221 e. The average molecular weight is 256 g/mol. The van der Waals surface area contributed by atoms with Gasteiger partial charge in [-0.25, -0.2) is 0 Å². The molecule has 1 heterocycles. The van der Waals surface area contributed by atoms with Gasteiger partial charge in [-0.05, 0) is 17.8 Å². The van der Waals surface area contributed by atoms with E-state index in [9.17, 15) is 4.79 Å². The van der Waals surface area contributed by atoms with Crippen LogP contribution in [0.1, 0.15) is 40.5 Å². The number of nitrogens with one attached hydrogen (secondary N) is 2. The van der Waals surface area contributed by atoms with E-state index in [1.807, 2.05) is 0 Å². The summed E-state index contributed by atoms with van der Waals surface area (Å²) in [5, 5.41) is 6.33. The normalized spacial score (nSPS) is 21.1. The molecule has 1 unspecified atom stereocenters. The smallest absolute Gasteiger partial charge is 0.221 e. The van der Waals surface area contributed by atoms with Gasteiger partial charge in [-0.2, -0.15) is 0 Å². The van der Waals surface area contributed by atoms with Gasteiger partial charge in [0.15, 0.2) is 0 Å². The number of hydrogen-bond acceptors (Lipinski definition) is 3. The van der Waals surface area contributed by atoms with Gasteiger partial charge >= 0.3 is 0 Å². The van der Waals surface area contributed by atoms with Crippen LogP contribution >= 0.6 is 0 Å². The number of amides is 1. The Hall–Kier alpha value is -0.610. The van der Waals surface area contributed by atoms with Gasteiger partial charge < -0.3 is 15.4 Å². The Morgan fingerprint density at radius 3 is 2.78 bits per heavy atom. The molecular formula is C14H28N2O2. The second kappa shape index (κ2) is 7.10. The van der Waals surface area contributed by atoms with Crippen LogP contribution in [0.3, 0.4) is 0 Å². The highest BCUT2D eigenvalue weighted by Crippen LogP contribution is 2.24. The van der Waals surface area contributed by atoms with Crippen molar-refractivity contribution in [1.82, 2.24) is 10.6 Å². The third-order valence-electron chi connectivity index (χ3n) is 3.16. The molecule has 1 saturated heterocycles. The lowest BCUT2D eigenvalue weighted by Gasteiger charge is -2.28. The third-order valence-corrected chi connectivity index (χ3v) is 3.16. The lowest BCUT2D eigenvalue weighted by atomic mass is 9.84. The number of hydrogen-bond donors (Lipinski definition) is 2. The maximum absolute atomic E-state index is 11.8. The Morgan fingerprint density at radius 2 is 2.22 bits per heavy atom. The van der Waals surface area contributed by atoms with Gasteiger partial charge in [0.1, 0.15) is 0 Å². The molecule has 1 fully saturated rings. The Morgan fingerprint density at radius 1 is 1.50 bits per heavy atom. The fourth-order valence-corrected chi connectivity index (χ4v) is 2.56. The number of rotatable bonds is 6. The Labute approximate surface area is 111 Å². The van der Waals surface area contributed by atoms with Crippen LogP contribution in [0.25, 0.3) is 0 Å². The summed E-state index contributed by atoms with van der Waals surface area (Å²) < 4.78 is 5.34. The van der Waals surface area contributed by atoms with Crippen LogP contribution in [0, 0.1) is 11.3 Å². The van der Waals surface area contributed by atoms with Crippen molar-refractivity contribution in [2.24, 2.45) is 11.3 Å². The number of ether oxygens (including phenoxy) is 1. The second-order valence-corrected chi connectivity index (χ2v) is 6.47. The van der Waals surface area contributed by atoms with Crippen LogP contribution in [-0.2, 0) is 9.53 Å². The second-order valence-electron chi connectivity index (χ2n) is 6.47. The first-order chi connectivity index (χ1) is 8.39. The monoisotopic (exact) mass is 256 g/mol. The zero-order valence-electron chi connectivity index (χ0n) is 12.2. The zero-order valence-corrected chi connectivity index (χ0v) is 12.2. The van der Waals surface area contributed by atoms with Crippen LogP contribution < -0.4 is 10.6 Å². The molecule has 0 spiro atoms. The van der Waals surface area contributed by atoms with E-state index in [4.69, 9.17) is 4.74 Å². The molecule has 2 N–H and O–H groups in total. The van der Waals surface area contributed by atoms with E-state index in [0.717, 1.165) is 26.1 Å². The Balaban J connectivity index is 2.23. The molecule has 4 nitrogen and oxygen atoms in total. The van der Waals surface area contributed by atoms with Gasteiger partial charge in [-0.1, -0.05) is 27.7 Å². The molecular weight excluding hydrogens is 228 g/mol. The lowest BCUT2D eigenvalue weighted by molar-refractivity contribution is -0.122. The van der Waals surface area contributed by atoms with Crippen LogP contribution in [0.15, 0.2) is 0 Å². The third kappa shape index (κ3) is 6.36. The van der Waals surface area contributed by atoms with Crippen molar-refractivity contribution in [3.05, 3.63) is 0 Å². The van der Waals surface area contributed by atoms with Crippen molar-refractivity contribution in [1.29, 1.82) is 0 Å². The van der Waals surface area contributed by atoms with E-state index in [1.54, 1.807) is 0 Å². The molecule has 0 aliphatic carbocycles. The van der Waals surface area contributed by atoms with E-state index in [0.29, 0.717) is 18.9 Å². The topological polar surface area (TPSA) is 50.4 Å². The predicted molar refractivity (Wildman–Crippen MR) is 73.5 cm³/mol. The van der Waals surface area contributed by atoms with Gasteiger partial charge in [-0.15, -0.1) is 0 Å². The standard InChI is InChI=1S/C14H28N2O2/c1-11(2)8-14(3,4)10-16-13(17)7-12-9-18-6-5-15-12/h11-12,15H,5-10H2,1-4H3,(H,16,17). The van der Waals surface area contributed by atoms with Gasteiger partial charge in [0.25, 0.3) is 0 Å². The molecule has 1 atom stereocenters. The predicted octanol–water partition coefficient (Wildman–Crippen LogP) is 1.55. The molecule has 0 saturated carbocycles. The van der Waals surface area contributed by atoms with Crippen molar-refractivity contribution >= 4 is 5.91 Å². The van der Waals surface area contributed by atoms with Crippen molar-refractivity contribution in [2.75, 3.05) is 26.3 Å². The molecule has 0 aromatic rings. The highest BCUT2D eigenvalue weighted by atomic mass is 16.5. The molecule has 106 valence electrons. The van der Waals surface area contributed by atoms with Crippen molar-refractivity contribution in [3.63, 3.8) is 0 Å². The van der Waals surface area contributed by atoms with Gasteiger partial charge in [-0.3, -0.25) is 4.79 Å². The van der Waals surface area contributed by atoms with Crippen LogP contribution in [-0.4, -0.2) is 38.3 Å². The van der Waals surface area contributed by atoms with Crippen LogP contribution in [0.4, 0.5) is 0 Å². The zero-order chi connectivity index (χ0) is 13.6. The van der Waals surface area contributed by atoms with E-state index >= 15 is 0 Å². The molecule has 1 rings (SSSR count). The first-order valence-corrected chi connectivity index (χ1v) is 6.97. The van der Waals surface area contributed by atoms with E-state index < -0.39 is 0 Å². The molecule has 1 aliphatic rings. The average Bonchev–Trinajstić information content (AvgIpc) is 2.26. The van der Waals surface area contributed by atoms with Gasteiger partial charge in [0, 0.05) is 25.6 Å². The fraction of sp³-hybridized carbons (Fsp3) is 0.929. The van der Waals surface area contributed by atoms with Gasteiger partial charge in [0.2, 0.25) is 5.91 Å². The summed E-state index contributed by atoms with van der Waals surface area (Å²) in [4.78, 5) is 11.8. The summed E-state index contributed by atoms with van der Waals surface area (Å²) in [5.41, 5.74) is 0.167. The summed E-state index contributed by atoms with van der Waals surface area (Å²) in [6.07, 6.45) is 1.63. The Kier molecular flexibility index (Phi) is 6.09. The summed E-state index contributed by atoms with van der Waals surface area (Å²) in [6, 6.07) is 0.173. The minimum absolute atomic E-state index is 0.120. The SMILES string of the molecule is CC(C)CC(C)(C)CNC(=O)CC1COCCN1. The van der Waals surface area contributed by atoms with Crippen LogP contribution in [0.2, 0.25) is 0 Å². The van der Waals surface area contributed by atoms with E-state index in [2.05, 4.69) is 38.3 Å². The fourth-order valence-electron chi connectivity index (χ4n) is 2.56. The molecule has 4 heteroatoms. The summed E-state index contributed by atoms with van der Waals surface area (Å²) in [6.45, 7) is 11.8. The van der Waals surface area contributed by atoms with E-state index in [-0.39, 0.29) is 17.4 Å². The highest BCUT2D eigenvalue weighted by Gasteiger charge is 2.22. The molecule has 0 radical (unpaired) electrons. The summed E-state index contributed by atoms with van der Waals surface area (Å²) >= 11 is 0. The number of morpholine rings is 1. The number of carbonyl (C=O) groups excluding carboxylic acids is 1. The maximum atomic E-state index is 11.8. The lowest BCUT2D eigenvalue weighted by Crippen LogP contribution is -2.45. The molecule has 0 aromatic carbocycles. The largest absolute Gasteiger partial charge is 0.378 e. The highest BCUT2D eigenvalue weighted by molar-refractivity contribution is 5.76. The van der Waals surface area contributed by atoms with Crippen LogP contribution in [0.5, 0.6) is 0 Å². The minimum atomic E-state index is 0.120. The quantitative estimate of drug-likeness (QED) is 0.758. The molecule has 0 aromatic heterocycles. The van der Waals surface area contributed by atoms with Crippen molar-refractivity contribution in [2.45, 2.75) is 46.6 Å². The minimum Gasteiger partial charge on any atom is -0.378 e.